The smallest absolute Gasteiger partial charge is 0.257 e. The number of nitrogens with zero attached hydrogens (tertiary/aromatic N) is 4. The van der Waals surface area contributed by atoms with Crippen molar-refractivity contribution in [3.63, 3.8) is 0 Å². The predicted octanol–water partition coefficient (Wildman–Crippen LogP) is 3.80. The summed E-state index contributed by atoms with van der Waals surface area (Å²) in [4.78, 5) is 28.9. The molecule has 2 heterocycles. The van der Waals surface area contributed by atoms with E-state index in [0.717, 1.165) is 16.8 Å². The molecule has 1 saturated heterocycles. The van der Waals surface area contributed by atoms with E-state index in [1.165, 1.54) is 11.1 Å². The fourth-order valence-corrected chi connectivity index (χ4v) is 4.39. The molecule has 4 rings (SSSR count). The van der Waals surface area contributed by atoms with Crippen LogP contribution in [0.4, 0.5) is 0 Å². The summed E-state index contributed by atoms with van der Waals surface area (Å²) in [5.74, 6) is 0.0565. The van der Waals surface area contributed by atoms with Crippen LogP contribution in [0.5, 0.6) is 0 Å². The Hall–Kier alpha value is -2.70. The Bertz CT molecular complexity index is 1040. The minimum atomic E-state index is -0.158. The highest BCUT2D eigenvalue weighted by Gasteiger charge is 2.34. The van der Waals surface area contributed by atoms with Gasteiger partial charge in [-0.15, -0.1) is 0 Å². The van der Waals surface area contributed by atoms with Crippen molar-refractivity contribution in [2.45, 2.75) is 33.2 Å². The summed E-state index contributed by atoms with van der Waals surface area (Å²) < 4.78 is 0. The number of hydrazone groups is 1. The first kappa shape index (κ1) is 22.5. The van der Waals surface area contributed by atoms with Gasteiger partial charge in [0.25, 0.3) is 5.91 Å². The molecule has 0 spiro atoms. The van der Waals surface area contributed by atoms with Crippen LogP contribution < -0.4 is 0 Å². The molecule has 2 amide bonds. The molecule has 2 aliphatic rings. The number of amides is 2. The Morgan fingerprint density at radius 2 is 1.69 bits per heavy atom. The number of hydrogen-bond acceptors (Lipinski definition) is 4. The number of rotatable bonds is 4. The average molecular weight is 453 g/mol. The second-order valence-electron chi connectivity index (χ2n) is 8.64. The molecule has 6 nitrogen and oxygen atoms in total. The van der Waals surface area contributed by atoms with E-state index in [9.17, 15) is 9.59 Å². The molecule has 2 aliphatic heterocycles. The van der Waals surface area contributed by atoms with E-state index >= 15 is 0 Å². The highest BCUT2D eigenvalue weighted by Crippen LogP contribution is 2.34. The maximum absolute atomic E-state index is 13.3. The summed E-state index contributed by atoms with van der Waals surface area (Å²) >= 11 is 6.09. The SMILES string of the molecule is CC(=O)N1CCN(CC(=O)N2N=C(c3ccc(C)c(C)c3)CC2c2ccc(Cl)cc2)CC1. The van der Waals surface area contributed by atoms with Gasteiger partial charge < -0.3 is 4.90 Å². The van der Waals surface area contributed by atoms with Gasteiger partial charge in [0.15, 0.2) is 0 Å². The van der Waals surface area contributed by atoms with Gasteiger partial charge >= 0.3 is 0 Å². The van der Waals surface area contributed by atoms with Crippen LogP contribution in [0.15, 0.2) is 47.6 Å². The van der Waals surface area contributed by atoms with Crippen LogP contribution in [0.1, 0.15) is 41.6 Å². The van der Waals surface area contributed by atoms with Gasteiger partial charge in [0, 0.05) is 44.5 Å². The predicted molar refractivity (Wildman–Crippen MR) is 127 cm³/mol. The van der Waals surface area contributed by atoms with Gasteiger partial charge in [0.1, 0.15) is 0 Å². The van der Waals surface area contributed by atoms with E-state index in [0.29, 0.717) is 44.2 Å². The summed E-state index contributed by atoms with van der Waals surface area (Å²) in [5.41, 5.74) is 5.44. The molecule has 1 unspecified atom stereocenters. The fourth-order valence-electron chi connectivity index (χ4n) is 4.26. The van der Waals surface area contributed by atoms with E-state index in [1.807, 2.05) is 29.2 Å². The van der Waals surface area contributed by atoms with E-state index in [-0.39, 0.29) is 17.9 Å². The highest BCUT2D eigenvalue weighted by atomic mass is 35.5. The van der Waals surface area contributed by atoms with E-state index in [2.05, 4.69) is 36.9 Å². The molecule has 2 aromatic rings. The zero-order valence-corrected chi connectivity index (χ0v) is 19.6. The van der Waals surface area contributed by atoms with Crippen LogP contribution >= 0.6 is 11.6 Å². The standard InChI is InChI=1S/C25H29ClN4O2/c1-17-4-5-21(14-18(17)2)23-15-24(20-6-8-22(26)9-7-20)30(27-23)25(32)16-28-10-12-29(13-11-28)19(3)31/h4-9,14,24H,10-13,15-16H2,1-3H3. The molecular formula is C25H29ClN4O2. The van der Waals surface area contributed by atoms with Crippen molar-refractivity contribution in [1.29, 1.82) is 0 Å². The fraction of sp³-hybridized carbons (Fsp3) is 0.400. The summed E-state index contributed by atoms with van der Waals surface area (Å²) in [6.07, 6.45) is 0.661. The van der Waals surface area contributed by atoms with Gasteiger partial charge in [-0.1, -0.05) is 35.9 Å². The minimum Gasteiger partial charge on any atom is -0.340 e. The average Bonchev–Trinajstić information content (AvgIpc) is 3.22. The number of carbonyl (C=O) groups is 2. The number of hydrogen-bond donors (Lipinski definition) is 0. The second kappa shape index (κ2) is 9.43. The van der Waals surface area contributed by atoms with Crippen molar-refractivity contribution >= 4 is 29.1 Å². The van der Waals surface area contributed by atoms with Crippen LogP contribution in [0.2, 0.25) is 5.02 Å². The lowest BCUT2D eigenvalue weighted by Crippen LogP contribution is -2.50. The quantitative estimate of drug-likeness (QED) is 0.709. The van der Waals surface area contributed by atoms with Crippen molar-refractivity contribution in [2.24, 2.45) is 5.10 Å². The maximum Gasteiger partial charge on any atom is 0.257 e. The third-order valence-corrected chi connectivity index (χ3v) is 6.69. The van der Waals surface area contributed by atoms with Crippen molar-refractivity contribution in [2.75, 3.05) is 32.7 Å². The van der Waals surface area contributed by atoms with Gasteiger partial charge in [-0.25, -0.2) is 5.01 Å². The molecule has 0 radical (unpaired) electrons. The van der Waals surface area contributed by atoms with Gasteiger partial charge in [0.05, 0.1) is 18.3 Å². The number of piperazine rings is 1. The first-order chi connectivity index (χ1) is 15.3. The Labute approximate surface area is 194 Å². The van der Waals surface area contributed by atoms with E-state index in [1.54, 1.807) is 11.9 Å². The lowest BCUT2D eigenvalue weighted by atomic mass is 9.96. The largest absolute Gasteiger partial charge is 0.340 e. The van der Waals surface area contributed by atoms with Gasteiger partial charge in [-0.3, -0.25) is 14.5 Å². The van der Waals surface area contributed by atoms with Gasteiger partial charge in [-0.05, 0) is 54.3 Å². The molecule has 168 valence electrons. The molecule has 0 saturated carbocycles. The van der Waals surface area contributed by atoms with E-state index < -0.39 is 0 Å². The molecule has 7 heteroatoms. The van der Waals surface area contributed by atoms with E-state index in [4.69, 9.17) is 16.7 Å². The van der Waals surface area contributed by atoms with Crippen LogP contribution in [0.25, 0.3) is 0 Å². The van der Waals surface area contributed by atoms with Crippen molar-refractivity contribution in [3.8, 4) is 0 Å². The maximum atomic E-state index is 13.3. The molecule has 2 aromatic carbocycles. The molecule has 1 fully saturated rings. The lowest BCUT2D eigenvalue weighted by molar-refractivity contribution is -0.135. The van der Waals surface area contributed by atoms with Crippen molar-refractivity contribution in [1.82, 2.24) is 14.8 Å². The Morgan fingerprint density at radius 3 is 2.31 bits per heavy atom. The van der Waals surface area contributed by atoms with Gasteiger partial charge in [0.2, 0.25) is 5.91 Å². The molecule has 32 heavy (non-hydrogen) atoms. The normalized spacial score (nSPS) is 19.2. The molecule has 0 aromatic heterocycles. The third-order valence-electron chi connectivity index (χ3n) is 6.44. The number of benzene rings is 2. The minimum absolute atomic E-state index is 0.0277. The molecular weight excluding hydrogens is 424 g/mol. The first-order valence-electron chi connectivity index (χ1n) is 11.0. The zero-order chi connectivity index (χ0) is 22.8. The van der Waals surface area contributed by atoms with Crippen LogP contribution in [-0.2, 0) is 9.59 Å². The van der Waals surface area contributed by atoms with Crippen LogP contribution in [0.3, 0.4) is 0 Å². The number of halogens is 1. The number of aryl methyl sites for hydroxylation is 2. The molecule has 0 aliphatic carbocycles. The summed E-state index contributed by atoms with van der Waals surface area (Å²) in [6, 6.07) is 13.8. The number of carbonyl (C=O) groups excluding carboxylic acids is 2. The Morgan fingerprint density at radius 1 is 1.00 bits per heavy atom. The summed E-state index contributed by atoms with van der Waals surface area (Å²) in [6.45, 7) is 8.75. The molecule has 1 atom stereocenters. The second-order valence-corrected chi connectivity index (χ2v) is 9.07. The lowest BCUT2D eigenvalue weighted by Gasteiger charge is -2.34. The first-order valence-corrected chi connectivity index (χ1v) is 11.4. The molecule has 0 bridgehead atoms. The van der Waals surface area contributed by atoms with Crippen LogP contribution in [-0.4, -0.2) is 65.1 Å². The van der Waals surface area contributed by atoms with Crippen molar-refractivity contribution < 1.29 is 9.59 Å². The zero-order valence-electron chi connectivity index (χ0n) is 18.8. The highest BCUT2D eigenvalue weighted by molar-refractivity contribution is 6.30. The summed E-state index contributed by atoms with van der Waals surface area (Å²) in [7, 11) is 0. The summed E-state index contributed by atoms with van der Waals surface area (Å²) in [5, 5.41) is 7.11. The molecule has 0 N–H and O–H groups in total. The van der Waals surface area contributed by atoms with Crippen molar-refractivity contribution in [3.05, 3.63) is 69.7 Å². The van der Waals surface area contributed by atoms with Crippen LogP contribution in [0, 0.1) is 13.8 Å². The third kappa shape index (κ3) is 4.87. The Balaban J connectivity index is 1.55. The Kier molecular flexibility index (Phi) is 6.63. The van der Waals surface area contributed by atoms with Gasteiger partial charge in [-0.2, -0.15) is 5.10 Å². The topological polar surface area (TPSA) is 56.2 Å². The monoisotopic (exact) mass is 452 g/mol.